The van der Waals surface area contributed by atoms with Crippen LogP contribution in [-0.2, 0) is 4.79 Å². The summed E-state index contributed by atoms with van der Waals surface area (Å²) in [4.78, 5) is 25.3. The first kappa shape index (κ1) is 12.3. The van der Waals surface area contributed by atoms with Crippen LogP contribution in [0.15, 0.2) is 24.3 Å². The molecular formula is C13H14ClN3O2. The molecule has 2 aliphatic heterocycles. The van der Waals surface area contributed by atoms with Crippen LogP contribution in [0.25, 0.3) is 0 Å². The van der Waals surface area contributed by atoms with Crippen molar-refractivity contribution in [2.45, 2.75) is 24.9 Å². The molecule has 2 fully saturated rings. The van der Waals surface area contributed by atoms with Crippen LogP contribution in [0.5, 0.6) is 0 Å². The number of amides is 3. The highest BCUT2D eigenvalue weighted by Crippen LogP contribution is 2.26. The average molecular weight is 280 g/mol. The molecule has 0 spiro atoms. The first-order chi connectivity index (χ1) is 9.13. The fourth-order valence-electron chi connectivity index (χ4n) is 2.71. The lowest BCUT2D eigenvalue weighted by molar-refractivity contribution is -0.119. The Morgan fingerprint density at radius 1 is 1.37 bits per heavy atom. The number of likely N-dealkylation sites (tertiary alicyclic amines) is 1. The molecule has 3 rings (SSSR count). The molecular weight excluding hydrogens is 266 g/mol. The molecule has 1 aromatic carbocycles. The maximum atomic E-state index is 12.2. The van der Waals surface area contributed by atoms with Crippen LogP contribution >= 0.6 is 11.6 Å². The van der Waals surface area contributed by atoms with Crippen LogP contribution in [0.4, 0.5) is 10.5 Å². The number of fused-ring (bicyclic) bond motifs is 1. The lowest BCUT2D eigenvalue weighted by Gasteiger charge is -2.23. The smallest absolute Gasteiger partial charge is 0.322 e. The Kier molecular flexibility index (Phi) is 3.06. The van der Waals surface area contributed by atoms with Crippen LogP contribution in [-0.4, -0.2) is 35.5 Å². The van der Waals surface area contributed by atoms with E-state index in [9.17, 15) is 9.59 Å². The van der Waals surface area contributed by atoms with Gasteiger partial charge >= 0.3 is 6.03 Å². The molecule has 0 radical (unpaired) electrons. The predicted molar refractivity (Wildman–Crippen MR) is 72.1 cm³/mol. The summed E-state index contributed by atoms with van der Waals surface area (Å²) in [6, 6.07) is 6.90. The van der Waals surface area contributed by atoms with Crippen molar-refractivity contribution in [2.75, 3.05) is 11.9 Å². The lowest BCUT2D eigenvalue weighted by atomic mass is 10.1. The van der Waals surface area contributed by atoms with Crippen molar-refractivity contribution in [3.63, 3.8) is 0 Å². The van der Waals surface area contributed by atoms with Gasteiger partial charge in [0, 0.05) is 23.7 Å². The second kappa shape index (κ2) is 4.74. The van der Waals surface area contributed by atoms with Gasteiger partial charge in [-0.25, -0.2) is 4.79 Å². The molecule has 0 saturated carbocycles. The lowest BCUT2D eigenvalue weighted by Crippen LogP contribution is -2.41. The topological polar surface area (TPSA) is 61.4 Å². The minimum atomic E-state index is -0.161. The number of rotatable bonds is 1. The Morgan fingerprint density at radius 2 is 2.11 bits per heavy atom. The molecule has 2 saturated heterocycles. The number of carbonyl (C=O) groups excluding carboxylic acids is 2. The molecule has 2 unspecified atom stereocenters. The van der Waals surface area contributed by atoms with Gasteiger partial charge in [0.25, 0.3) is 0 Å². The van der Waals surface area contributed by atoms with Gasteiger partial charge < -0.3 is 15.5 Å². The Labute approximate surface area is 115 Å². The molecule has 3 amide bonds. The average Bonchev–Trinajstić information content (AvgIpc) is 2.90. The quantitative estimate of drug-likeness (QED) is 0.824. The first-order valence-corrected chi connectivity index (χ1v) is 6.64. The number of benzene rings is 1. The van der Waals surface area contributed by atoms with Crippen LogP contribution in [0, 0.1) is 0 Å². The maximum Gasteiger partial charge on any atom is 0.322 e. The molecule has 1 aromatic rings. The van der Waals surface area contributed by atoms with E-state index in [0.717, 1.165) is 6.42 Å². The van der Waals surface area contributed by atoms with Crippen molar-refractivity contribution < 1.29 is 9.59 Å². The standard InChI is InChI=1S/C13H14ClN3O2/c14-8-1-3-9(4-2-8)15-13(19)17-6-5-10-11(17)7-12(18)16-10/h1-4,10-11H,5-7H2,(H,15,19)(H,16,18). The number of halogens is 1. The number of nitrogens with one attached hydrogen (secondary N) is 2. The van der Waals surface area contributed by atoms with Gasteiger partial charge in [0.1, 0.15) is 0 Å². The van der Waals surface area contributed by atoms with Crippen LogP contribution in [0.3, 0.4) is 0 Å². The highest BCUT2D eigenvalue weighted by atomic mass is 35.5. The molecule has 19 heavy (non-hydrogen) atoms. The van der Waals surface area contributed by atoms with Crippen molar-refractivity contribution in [3.8, 4) is 0 Å². The minimum Gasteiger partial charge on any atom is -0.351 e. The van der Waals surface area contributed by atoms with E-state index in [1.807, 2.05) is 0 Å². The van der Waals surface area contributed by atoms with Crippen molar-refractivity contribution in [2.24, 2.45) is 0 Å². The van der Waals surface area contributed by atoms with Gasteiger partial charge in [0.2, 0.25) is 5.91 Å². The van der Waals surface area contributed by atoms with Crippen molar-refractivity contribution in [1.82, 2.24) is 10.2 Å². The predicted octanol–water partition coefficient (Wildman–Crippen LogP) is 1.83. The van der Waals surface area contributed by atoms with Gasteiger partial charge in [0.05, 0.1) is 12.1 Å². The Hall–Kier alpha value is -1.75. The molecule has 2 atom stereocenters. The van der Waals surface area contributed by atoms with E-state index in [1.165, 1.54) is 0 Å². The SMILES string of the molecule is O=C1CC2C(CCN2C(=O)Nc2ccc(Cl)cc2)N1. The van der Waals surface area contributed by atoms with Gasteiger partial charge in [0.15, 0.2) is 0 Å². The maximum absolute atomic E-state index is 12.2. The van der Waals surface area contributed by atoms with E-state index in [0.29, 0.717) is 23.7 Å². The number of anilines is 1. The summed E-state index contributed by atoms with van der Waals surface area (Å²) in [5.74, 6) is 0.0268. The Bertz CT molecular complexity index is 517. The molecule has 0 aliphatic carbocycles. The highest BCUT2D eigenvalue weighted by molar-refractivity contribution is 6.30. The molecule has 0 bridgehead atoms. The molecule has 100 valence electrons. The fourth-order valence-corrected chi connectivity index (χ4v) is 2.84. The summed E-state index contributed by atoms with van der Waals surface area (Å²) in [7, 11) is 0. The van der Waals surface area contributed by atoms with Gasteiger partial charge in [-0.3, -0.25) is 4.79 Å². The third-order valence-corrected chi connectivity index (χ3v) is 3.90. The van der Waals surface area contributed by atoms with E-state index >= 15 is 0 Å². The number of hydrogen-bond donors (Lipinski definition) is 2. The van der Waals surface area contributed by atoms with Crippen molar-refractivity contribution in [3.05, 3.63) is 29.3 Å². The molecule has 2 aliphatic rings. The zero-order chi connectivity index (χ0) is 13.4. The van der Waals surface area contributed by atoms with Crippen molar-refractivity contribution >= 4 is 29.2 Å². The van der Waals surface area contributed by atoms with Crippen LogP contribution in [0.1, 0.15) is 12.8 Å². The summed E-state index contributed by atoms with van der Waals surface area (Å²) in [6.45, 7) is 0.676. The summed E-state index contributed by atoms with van der Waals surface area (Å²) >= 11 is 5.80. The summed E-state index contributed by atoms with van der Waals surface area (Å²) in [6.07, 6.45) is 1.23. The van der Waals surface area contributed by atoms with E-state index < -0.39 is 0 Å². The number of urea groups is 1. The van der Waals surface area contributed by atoms with Crippen molar-refractivity contribution in [1.29, 1.82) is 0 Å². The van der Waals surface area contributed by atoms with Crippen LogP contribution in [0.2, 0.25) is 5.02 Å². The largest absolute Gasteiger partial charge is 0.351 e. The minimum absolute atomic E-state index is 0.0141. The number of carbonyl (C=O) groups is 2. The molecule has 2 N–H and O–H groups in total. The Morgan fingerprint density at radius 3 is 2.84 bits per heavy atom. The zero-order valence-corrected chi connectivity index (χ0v) is 11.0. The summed E-state index contributed by atoms with van der Waals surface area (Å²) in [5.41, 5.74) is 0.704. The third kappa shape index (κ3) is 2.38. The number of hydrogen-bond acceptors (Lipinski definition) is 2. The van der Waals surface area contributed by atoms with Gasteiger partial charge in [-0.15, -0.1) is 0 Å². The second-order valence-electron chi connectivity index (χ2n) is 4.86. The summed E-state index contributed by atoms with van der Waals surface area (Å²) < 4.78 is 0. The highest BCUT2D eigenvalue weighted by Gasteiger charge is 2.43. The molecule has 0 aromatic heterocycles. The summed E-state index contributed by atoms with van der Waals surface area (Å²) in [5, 5.41) is 6.35. The van der Waals surface area contributed by atoms with E-state index in [-0.39, 0.29) is 24.0 Å². The third-order valence-electron chi connectivity index (χ3n) is 3.64. The molecule has 6 heteroatoms. The van der Waals surface area contributed by atoms with Gasteiger partial charge in [-0.2, -0.15) is 0 Å². The fraction of sp³-hybridized carbons (Fsp3) is 0.385. The second-order valence-corrected chi connectivity index (χ2v) is 5.30. The van der Waals surface area contributed by atoms with E-state index in [1.54, 1.807) is 29.2 Å². The Balaban J connectivity index is 1.67. The van der Waals surface area contributed by atoms with Gasteiger partial charge in [-0.05, 0) is 30.7 Å². The number of nitrogens with zero attached hydrogens (tertiary/aromatic N) is 1. The zero-order valence-electron chi connectivity index (χ0n) is 10.2. The molecule has 5 nitrogen and oxygen atoms in total. The van der Waals surface area contributed by atoms with E-state index in [2.05, 4.69) is 10.6 Å². The molecule has 2 heterocycles. The van der Waals surface area contributed by atoms with Crippen LogP contribution < -0.4 is 10.6 Å². The monoisotopic (exact) mass is 279 g/mol. The van der Waals surface area contributed by atoms with Gasteiger partial charge in [-0.1, -0.05) is 11.6 Å². The van der Waals surface area contributed by atoms with E-state index in [4.69, 9.17) is 11.6 Å². The normalized spacial score (nSPS) is 25.1. The first-order valence-electron chi connectivity index (χ1n) is 6.26.